The lowest BCUT2D eigenvalue weighted by Gasteiger charge is -1.98. The van der Waals surface area contributed by atoms with E-state index in [1.165, 1.54) is 23.9 Å². The summed E-state index contributed by atoms with van der Waals surface area (Å²) in [7, 11) is 0. The molecule has 1 aromatic heterocycles. The molecule has 1 saturated heterocycles. The molecule has 144 valence electrons. The van der Waals surface area contributed by atoms with E-state index in [0.717, 1.165) is 0 Å². The molecule has 9 heteroatoms. The third-order valence-corrected chi connectivity index (χ3v) is 5.20. The van der Waals surface area contributed by atoms with Crippen LogP contribution in [-0.4, -0.2) is 16.0 Å². The number of carbonyl (C=O) groups is 1. The summed E-state index contributed by atoms with van der Waals surface area (Å²) in [4.78, 5) is 27.5. The fourth-order valence-corrected chi connectivity index (χ4v) is 3.61. The molecule has 3 aromatic rings. The fraction of sp³-hybridized carbons (Fsp3) is 0. The molecule has 1 aliphatic rings. The van der Waals surface area contributed by atoms with Gasteiger partial charge >= 0.3 is 0 Å². The maximum atomic E-state index is 12.2. The number of nitrogens with one attached hydrogen (secondary N) is 1. The van der Waals surface area contributed by atoms with Crippen molar-refractivity contribution >= 4 is 51.9 Å². The summed E-state index contributed by atoms with van der Waals surface area (Å²) in [5.41, 5.74) is 1.11. The maximum absolute atomic E-state index is 12.2. The summed E-state index contributed by atoms with van der Waals surface area (Å²) in [6.07, 6.45) is 1.59. The number of nitro groups is 1. The van der Waals surface area contributed by atoms with Crippen LogP contribution in [0.5, 0.6) is 0 Å². The van der Waals surface area contributed by atoms with Gasteiger partial charge in [0.15, 0.2) is 5.17 Å². The molecular weight excluding hydrogens is 414 g/mol. The molecule has 4 rings (SSSR count). The van der Waals surface area contributed by atoms with Crippen molar-refractivity contribution in [2.24, 2.45) is 4.99 Å². The van der Waals surface area contributed by atoms with Gasteiger partial charge in [0, 0.05) is 23.8 Å². The Balaban J connectivity index is 1.56. The van der Waals surface area contributed by atoms with Crippen LogP contribution in [0, 0.1) is 10.1 Å². The minimum atomic E-state index is -0.464. The van der Waals surface area contributed by atoms with Gasteiger partial charge in [-0.25, -0.2) is 4.99 Å². The van der Waals surface area contributed by atoms with Crippen molar-refractivity contribution in [3.05, 3.63) is 86.5 Å². The second-order valence-electron chi connectivity index (χ2n) is 5.94. The molecule has 2 aromatic carbocycles. The third-order valence-electron chi connectivity index (χ3n) is 3.97. The average Bonchev–Trinajstić information content (AvgIpc) is 3.31. The van der Waals surface area contributed by atoms with Crippen molar-refractivity contribution in [3.63, 3.8) is 0 Å². The molecular formula is C20H12ClN3O4S. The summed E-state index contributed by atoms with van der Waals surface area (Å²) < 4.78 is 5.73. The molecule has 0 radical (unpaired) electrons. The van der Waals surface area contributed by atoms with Gasteiger partial charge in [-0.05, 0) is 36.0 Å². The van der Waals surface area contributed by atoms with Crippen molar-refractivity contribution in [1.29, 1.82) is 0 Å². The minimum Gasteiger partial charge on any atom is -0.457 e. The molecule has 1 amide bonds. The Hall–Kier alpha value is -3.36. The lowest BCUT2D eigenvalue weighted by molar-refractivity contribution is -0.384. The van der Waals surface area contributed by atoms with Crippen molar-refractivity contribution in [3.8, 4) is 11.3 Å². The standard InChI is InChI=1S/C20H12ClN3O4S/c21-15-6-1-2-7-16(15)22-20-23-19(25)18(29-20)11-14-8-9-17(28-14)12-4-3-5-13(10-12)24(26)27/h1-11H,(H,22,23,25)/b18-11-. The topological polar surface area (TPSA) is 97.7 Å². The molecule has 1 aliphatic heterocycles. The highest BCUT2D eigenvalue weighted by atomic mass is 35.5. The number of hydrogen-bond acceptors (Lipinski definition) is 6. The number of non-ortho nitro benzene ring substituents is 1. The number of amides is 1. The highest BCUT2D eigenvalue weighted by Gasteiger charge is 2.24. The van der Waals surface area contributed by atoms with Gasteiger partial charge in [-0.1, -0.05) is 35.9 Å². The number of amidine groups is 1. The molecule has 2 heterocycles. The van der Waals surface area contributed by atoms with Gasteiger partial charge < -0.3 is 9.73 Å². The zero-order valence-electron chi connectivity index (χ0n) is 14.7. The molecule has 1 N–H and O–H groups in total. The van der Waals surface area contributed by atoms with E-state index in [1.54, 1.807) is 48.5 Å². The van der Waals surface area contributed by atoms with E-state index < -0.39 is 4.92 Å². The van der Waals surface area contributed by atoms with Gasteiger partial charge in [0.25, 0.3) is 11.6 Å². The van der Waals surface area contributed by atoms with E-state index in [1.807, 2.05) is 6.07 Å². The first kappa shape index (κ1) is 19.0. The molecule has 0 atom stereocenters. The highest BCUT2D eigenvalue weighted by molar-refractivity contribution is 8.18. The number of nitrogens with zero attached hydrogens (tertiary/aromatic N) is 2. The number of carbonyl (C=O) groups excluding carboxylic acids is 1. The van der Waals surface area contributed by atoms with Gasteiger partial charge in [-0.15, -0.1) is 0 Å². The summed E-state index contributed by atoms with van der Waals surface area (Å²) in [5.74, 6) is 0.617. The molecule has 0 bridgehead atoms. The average molecular weight is 426 g/mol. The van der Waals surface area contributed by atoms with E-state index in [2.05, 4.69) is 10.3 Å². The van der Waals surface area contributed by atoms with Crippen LogP contribution in [0.3, 0.4) is 0 Å². The molecule has 0 spiro atoms. The van der Waals surface area contributed by atoms with Crippen molar-refractivity contribution in [1.82, 2.24) is 5.32 Å². The normalized spacial score (nSPS) is 16.4. The Labute approximate surface area is 174 Å². The molecule has 0 aliphatic carbocycles. The summed E-state index contributed by atoms with van der Waals surface area (Å²) >= 11 is 7.27. The summed E-state index contributed by atoms with van der Waals surface area (Å²) in [6.45, 7) is 0. The van der Waals surface area contributed by atoms with Gasteiger partial charge in [-0.2, -0.15) is 0 Å². The molecule has 29 heavy (non-hydrogen) atoms. The van der Waals surface area contributed by atoms with E-state index in [4.69, 9.17) is 16.0 Å². The van der Waals surface area contributed by atoms with Crippen LogP contribution in [0.2, 0.25) is 5.02 Å². The Morgan fingerprint density at radius 1 is 1.14 bits per heavy atom. The Morgan fingerprint density at radius 3 is 2.76 bits per heavy atom. The quantitative estimate of drug-likeness (QED) is 0.343. The first-order valence-electron chi connectivity index (χ1n) is 8.38. The molecule has 0 unspecified atom stereocenters. The number of aliphatic imine (C=N–C) groups is 1. The number of thioether (sulfide) groups is 1. The van der Waals surface area contributed by atoms with E-state index >= 15 is 0 Å². The highest BCUT2D eigenvalue weighted by Crippen LogP contribution is 2.32. The third kappa shape index (κ3) is 4.23. The monoisotopic (exact) mass is 425 g/mol. The van der Waals surface area contributed by atoms with Crippen LogP contribution in [0.25, 0.3) is 17.4 Å². The van der Waals surface area contributed by atoms with Gasteiger partial charge in [0.05, 0.1) is 20.5 Å². The second kappa shape index (κ2) is 7.94. The largest absolute Gasteiger partial charge is 0.457 e. The Morgan fingerprint density at radius 2 is 1.97 bits per heavy atom. The van der Waals surface area contributed by atoms with E-state index in [-0.39, 0.29) is 11.6 Å². The summed E-state index contributed by atoms with van der Waals surface area (Å²) in [6, 6.07) is 16.6. The zero-order valence-corrected chi connectivity index (χ0v) is 16.2. The van der Waals surface area contributed by atoms with Gasteiger partial charge in [-0.3, -0.25) is 14.9 Å². The van der Waals surface area contributed by atoms with Crippen LogP contribution >= 0.6 is 23.4 Å². The molecule has 0 saturated carbocycles. The number of rotatable bonds is 4. The number of hydrogen-bond donors (Lipinski definition) is 1. The fourth-order valence-electron chi connectivity index (χ4n) is 2.62. The lowest BCUT2D eigenvalue weighted by Crippen LogP contribution is -2.19. The van der Waals surface area contributed by atoms with Crippen molar-refractivity contribution < 1.29 is 14.1 Å². The predicted molar refractivity (Wildman–Crippen MR) is 113 cm³/mol. The Kier molecular flexibility index (Phi) is 5.20. The van der Waals surface area contributed by atoms with Gasteiger partial charge in [0.1, 0.15) is 11.5 Å². The number of benzene rings is 2. The Bertz CT molecular complexity index is 1190. The first-order chi connectivity index (χ1) is 14.0. The second-order valence-corrected chi connectivity index (χ2v) is 7.38. The van der Waals surface area contributed by atoms with Gasteiger partial charge in [0.2, 0.25) is 0 Å². The smallest absolute Gasteiger partial charge is 0.270 e. The predicted octanol–water partition coefficient (Wildman–Crippen LogP) is 5.40. The lowest BCUT2D eigenvalue weighted by atomic mass is 10.1. The first-order valence-corrected chi connectivity index (χ1v) is 9.58. The van der Waals surface area contributed by atoms with Crippen LogP contribution in [0.4, 0.5) is 11.4 Å². The number of furan rings is 1. The summed E-state index contributed by atoms with van der Waals surface area (Å²) in [5, 5.41) is 14.5. The molecule has 7 nitrogen and oxygen atoms in total. The number of para-hydroxylation sites is 1. The SMILES string of the molecule is O=C1NC(=Nc2ccccc2Cl)S/C1=C\c1ccc(-c2cccc([N+](=O)[O-])c2)o1. The zero-order chi connectivity index (χ0) is 20.4. The van der Waals surface area contributed by atoms with Crippen molar-refractivity contribution in [2.45, 2.75) is 0 Å². The molecule has 1 fully saturated rings. The maximum Gasteiger partial charge on any atom is 0.270 e. The van der Waals surface area contributed by atoms with E-state index in [0.29, 0.717) is 37.9 Å². The van der Waals surface area contributed by atoms with Crippen LogP contribution in [0.15, 0.2) is 75.0 Å². The van der Waals surface area contributed by atoms with Crippen molar-refractivity contribution in [2.75, 3.05) is 0 Å². The van der Waals surface area contributed by atoms with Crippen LogP contribution in [0.1, 0.15) is 5.76 Å². The number of halogens is 1. The number of nitro benzene ring substituents is 1. The van der Waals surface area contributed by atoms with Crippen LogP contribution in [-0.2, 0) is 4.79 Å². The minimum absolute atomic E-state index is 0.0232. The van der Waals surface area contributed by atoms with E-state index in [9.17, 15) is 14.9 Å². The van der Waals surface area contributed by atoms with Crippen LogP contribution < -0.4 is 5.32 Å².